The molecule has 22 heavy (non-hydrogen) atoms. The summed E-state index contributed by atoms with van der Waals surface area (Å²) in [6, 6.07) is 4.33. The van der Waals surface area contributed by atoms with Crippen LogP contribution in [-0.4, -0.2) is 15.7 Å². The number of thiophene rings is 1. The maximum absolute atomic E-state index is 12.3. The Morgan fingerprint density at radius 3 is 2.95 bits per heavy atom. The number of carbonyl (C=O) groups is 1. The number of aromatic nitrogens is 2. The van der Waals surface area contributed by atoms with Gasteiger partial charge in [0.05, 0.1) is 12.2 Å². The van der Waals surface area contributed by atoms with Crippen LogP contribution in [0.25, 0.3) is 6.08 Å². The molecule has 1 amide bonds. The van der Waals surface area contributed by atoms with Crippen LogP contribution in [0.15, 0.2) is 36.0 Å². The van der Waals surface area contributed by atoms with E-state index in [9.17, 15) is 4.79 Å². The number of amides is 1. The average molecular weight is 315 g/mol. The summed E-state index contributed by atoms with van der Waals surface area (Å²) in [5.74, 6) is 0.531. The zero-order chi connectivity index (χ0) is 15.4. The van der Waals surface area contributed by atoms with Gasteiger partial charge in [0.1, 0.15) is 0 Å². The first kappa shape index (κ1) is 15.0. The predicted molar refractivity (Wildman–Crippen MR) is 89.4 cm³/mol. The largest absolute Gasteiger partial charge is 0.345 e. The molecule has 1 N–H and O–H groups in total. The fourth-order valence-electron chi connectivity index (χ4n) is 3.08. The molecule has 0 aliphatic heterocycles. The standard InChI is InChI=1S/C17H21N3OS/c1-20-12-13(11-18-20)8-9-16(21)19-17(14-5-2-3-6-14)15-7-4-10-22-15/h4,7-12,14,17H,2-3,5-6H2,1H3,(H,19,21)/b9-8+/t17-/m0/s1. The minimum Gasteiger partial charge on any atom is -0.345 e. The molecular formula is C17H21N3OS. The molecule has 1 aliphatic rings. The molecule has 116 valence electrons. The van der Waals surface area contributed by atoms with Crippen molar-refractivity contribution < 1.29 is 4.79 Å². The van der Waals surface area contributed by atoms with Crippen molar-refractivity contribution in [3.8, 4) is 0 Å². The van der Waals surface area contributed by atoms with Crippen molar-refractivity contribution >= 4 is 23.3 Å². The minimum absolute atomic E-state index is 0.0332. The lowest BCUT2D eigenvalue weighted by atomic mass is 9.96. The van der Waals surface area contributed by atoms with Gasteiger partial charge in [0, 0.05) is 29.8 Å². The summed E-state index contributed by atoms with van der Waals surface area (Å²) < 4.78 is 1.73. The molecule has 2 aromatic heterocycles. The van der Waals surface area contributed by atoms with Crippen LogP contribution in [-0.2, 0) is 11.8 Å². The van der Waals surface area contributed by atoms with Gasteiger partial charge in [-0.25, -0.2) is 0 Å². The van der Waals surface area contributed by atoms with Crippen LogP contribution in [0.3, 0.4) is 0 Å². The van der Waals surface area contributed by atoms with Crippen LogP contribution >= 0.6 is 11.3 Å². The Balaban J connectivity index is 1.67. The molecular weight excluding hydrogens is 294 g/mol. The number of hydrogen-bond donors (Lipinski definition) is 1. The van der Waals surface area contributed by atoms with Gasteiger partial charge in [-0.2, -0.15) is 5.10 Å². The molecule has 2 aromatic rings. The highest BCUT2D eigenvalue weighted by atomic mass is 32.1. The maximum Gasteiger partial charge on any atom is 0.244 e. The van der Waals surface area contributed by atoms with E-state index in [2.05, 4.69) is 27.9 Å². The van der Waals surface area contributed by atoms with Crippen molar-refractivity contribution in [1.29, 1.82) is 0 Å². The summed E-state index contributed by atoms with van der Waals surface area (Å²) in [5, 5.41) is 9.37. The molecule has 0 bridgehead atoms. The zero-order valence-corrected chi connectivity index (χ0v) is 13.6. The number of hydrogen-bond acceptors (Lipinski definition) is 3. The van der Waals surface area contributed by atoms with Gasteiger partial charge >= 0.3 is 0 Å². The predicted octanol–water partition coefficient (Wildman–Crippen LogP) is 3.54. The van der Waals surface area contributed by atoms with Gasteiger partial charge in [-0.1, -0.05) is 18.9 Å². The summed E-state index contributed by atoms with van der Waals surface area (Å²) in [7, 11) is 1.87. The summed E-state index contributed by atoms with van der Waals surface area (Å²) in [6.45, 7) is 0. The molecule has 3 rings (SSSR count). The molecule has 4 nitrogen and oxygen atoms in total. The lowest BCUT2D eigenvalue weighted by Crippen LogP contribution is -2.30. The summed E-state index contributed by atoms with van der Waals surface area (Å²) in [4.78, 5) is 13.5. The molecule has 0 radical (unpaired) electrons. The average Bonchev–Trinajstić information content (AvgIpc) is 3.25. The molecule has 1 saturated carbocycles. The number of nitrogens with one attached hydrogen (secondary N) is 1. The van der Waals surface area contributed by atoms with Crippen LogP contribution in [0.1, 0.15) is 42.2 Å². The normalized spacial score (nSPS) is 17.1. The third-order valence-corrected chi connectivity index (χ3v) is 5.13. The van der Waals surface area contributed by atoms with Gasteiger partial charge in [-0.3, -0.25) is 9.48 Å². The van der Waals surface area contributed by atoms with Crippen LogP contribution in [0.5, 0.6) is 0 Å². The second-order valence-electron chi connectivity index (χ2n) is 5.83. The highest BCUT2D eigenvalue weighted by Crippen LogP contribution is 2.37. The molecule has 5 heteroatoms. The number of aryl methyl sites for hydroxylation is 1. The highest BCUT2D eigenvalue weighted by Gasteiger charge is 2.27. The molecule has 0 spiro atoms. The molecule has 0 saturated heterocycles. The lowest BCUT2D eigenvalue weighted by Gasteiger charge is -2.23. The second-order valence-corrected chi connectivity index (χ2v) is 6.81. The zero-order valence-electron chi connectivity index (χ0n) is 12.7. The third kappa shape index (κ3) is 3.65. The van der Waals surface area contributed by atoms with E-state index in [-0.39, 0.29) is 11.9 Å². The van der Waals surface area contributed by atoms with Gasteiger partial charge in [0.2, 0.25) is 5.91 Å². The van der Waals surface area contributed by atoms with Gasteiger partial charge in [0.15, 0.2) is 0 Å². The number of nitrogens with zero attached hydrogens (tertiary/aromatic N) is 2. The molecule has 2 heterocycles. The molecule has 0 aromatic carbocycles. The Labute approximate surface area is 134 Å². The summed E-state index contributed by atoms with van der Waals surface area (Å²) in [6.07, 6.45) is 12.0. The van der Waals surface area contributed by atoms with Crippen LogP contribution in [0, 0.1) is 5.92 Å². The fraction of sp³-hybridized carbons (Fsp3) is 0.412. The van der Waals surface area contributed by atoms with E-state index in [1.54, 1.807) is 28.3 Å². The van der Waals surface area contributed by atoms with E-state index < -0.39 is 0 Å². The molecule has 1 aliphatic carbocycles. The first-order valence-corrected chi connectivity index (χ1v) is 8.61. The van der Waals surface area contributed by atoms with Gasteiger partial charge in [-0.15, -0.1) is 11.3 Å². The fourth-order valence-corrected chi connectivity index (χ4v) is 3.95. The van der Waals surface area contributed by atoms with Crippen molar-refractivity contribution in [1.82, 2.24) is 15.1 Å². The second kappa shape index (κ2) is 6.92. The topological polar surface area (TPSA) is 46.9 Å². The Morgan fingerprint density at radius 1 is 1.50 bits per heavy atom. The Hall–Kier alpha value is -1.88. The molecule has 1 fully saturated rings. The first-order valence-electron chi connectivity index (χ1n) is 7.73. The first-order chi connectivity index (χ1) is 10.7. The Bertz CT molecular complexity index is 639. The Morgan fingerprint density at radius 2 is 2.32 bits per heavy atom. The monoisotopic (exact) mass is 315 g/mol. The number of rotatable bonds is 5. The van der Waals surface area contributed by atoms with Crippen molar-refractivity contribution in [2.75, 3.05) is 0 Å². The Kier molecular flexibility index (Phi) is 4.73. The SMILES string of the molecule is Cn1cc(/C=C/C(=O)N[C@H](c2cccs2)C2CCCC2)cn1. The quantitative estimate of drug-likeness (QED) is 0.858. The molecule has 0 unspecified atom stereocenters. The van der Waals surface area contributed by atoms with Crippen LogP contribution in [0.4, 0.5) is 0 Å². The van der Waals surface area contributed by atoms with Crippen LogP contribution in [0.2, 0.25) is 0 Å². The smallest absolute Gasteiger partial charge is 0.244 e. The number of carbonyl (C=O) groups excluding carboxylic acids is 1. The van der Waals surface area contributed by atoms with E-state index >= 15 is 0 Å². The van der Waals surface area contributed by atoms with Crippen molar-refractivity contribution in [2.24, 2.45) is 13.0 Å². The van der Waals surface area contributed by atoms with Gasteiger partial charge in [0.25, 0.3) is 0 Å². The molecule has 1 atom stereocenters. The van der Waals surface area contributed by atoms with Crippen molar-refractivity contribution in [2.45, 2.75) is 31.7 Å². The van der Waals surface area contributed by atoms with E-state index in [4.69, 9.17) is 0 Å². The van der Waals surface area contributed by atoms with E-state index in [0.717, 1.165) is 5.56 Å². The van der Waals surface area contributed by atoms with Crippen LogP contribution < -0.4 is 5.32 Å². The van der Waals surface area contributed by atoms with Crippen molar-refractivity contribution in [3.05, 3.63) is 46.4 Å². The summed E-state index contributed by atoms with van der Waals surface area (Å²) >= 11 is 1.73. The maximum atomic E-state index is 12.3. The minimum atomic E-state index is -0.0332. The van der Waals surface area contributed by atoms with E-state index in [0.29, 0.717) is 5.92 Å². The highest BCUT2D eigenvalue weighted by molar-refractivity contribution is 7.10. The van der Waals surface area contributed by atoms with Crippen molar-refractivity contribution in [3.63, 3.8) is 0 Å². The van der Waals surface area contributed by atoms with Gasteiger partial charge in [-0.05, 0) is 36.3 Å². The lowest BCUT2D eigenvalue weighted by molar-refractivity contribution is -0.117. The summed E-state index contributed by atoms with van der Waals surface area (Å²) in [5.41, 5.74) is 0.936. The van der Waals surface area contributed by atoms with E-state index in [1.807, 2.05) is 19.3 Å². The third-order valence-electron chi connectivity index (χ3n) is 4.17. The van der Waals surface area contributed by atoms with E-state index in [1.165, 1.54) is 30.6 Å². The van der Waals surface area contributed by atoms with Gasteiger partial charge < -0.3 is 5.32 Å².